The number of nitrogens with zero attached hydrogens (tertiary/aromatic N) is 2. The largest absolute Gasteiger partial charge is 0.354 e. The minimum atomic E-state index is -3.59. The molecule has 22 heavy (non-hydrogen) atoms. The molecule has 3 rings (SSSR count). The molecule has 2 aliphatic rings. The second-order valence-electron chi connectivity index (χ2n) is 5.30. The van der Waals surface area contributed by atoms with E-state index in [-0.39, 0.29) is 12.4 Å². The third-order valence-corrected chi connectivity index (χ3v) is 5.29. The number of rotatable bonds is 1. The molecule has 0 aliphatic carbocycles. The molecule has 1 fully saturated rings. The summed E-state index contributed by atoms with van der Waals surface area (Å²) in [5.41, 5.74) is 1.46. The number of nitrogens with one attached hydrogen (secondary N) is 1. The maximum Gasteiger partial charge on any atom is 0.285 e. The van der Waals surface area contributed by atoms with Gasteiger partial charge in [-0.2, -0.15) is 8.42 Å². The van der Waals surface area contributed by atoms with Crippen molar-refractivity contribution in [2.24, 2.45) is 4.40 Å². The van der Waals surface area contributed by atoms with Gasteiger partial charge in [0.05, 0.1) is 0 Å². The number of sulfonamides is 1. The molecule has 1 aromatic rings. The summed E-state index contributed by atoms with van der Waals surface area (Å²) >= 11 is 0. The molecule has 1 N–H and O–H groups in total. The van der Waals surface area contributed by atoms with Crippen LogP contribution in [-0.2, 0) is 10.0 Å². The molecule has 0 aromatic heterocycles. The van der Waals surface area contributed by atoms with Gasteiger partial charge in [-0.1, -0.05) is 30.3 Å². The zero-order valence-electron chi connectivity index (χ0n) is 12.4. The van der Waals surface area contributed by atoms with Crippen LogP contribution >= 0.6 is 12.4 Å². The topological polar surface area (TPSA) is 61.8 Å². The fraction of sp³-hybridized carbons (Fsp3) is 0.400. The van der Waals surface area contributed by atoms with Gasteiger partial charge in [0, 0.05) is 25.2 Å². The lowest BCUT2D eigenvalue weighted by Crippen LogP contribution is -2.34. The standard InChI is InChI=1S/C15H19N3O2S.ClH/c1-12-14(13-6-3-2-4-7-13)21(19,20)17-15(12)18-10-5-8-16-9-11-18;/h2-4,6-7,16H,5,8-11H2,1H3;1H. The van der Waals surface area contributed by atoms with E-state index in [1.54, 1.807) is 0 Å². The smallest absolute Gasteiger partial charge is 0.285 e. The summed E-state index contributed by atoms with van der Waals surface area (Å²) in [5.74, 6) is 0.609. The quantitative estimate of drug-likeness (QED) is 0.847. The van der Waals surface area contributed by atoms with Crippen LogP contribution < -0.4 is 5.32 Å². The number of halogens is 1. The minimum Gasteiger partial charge on any atom is -0.354 e. The van der Waals surface area contributed by atoms with Crippen LogP contribution in [0.25, 0.3) is 4.91 Å². The number of hydrogen-bond donors (Lipinski definition) is 1. The Bertz CT molecular complexity index is 691. The van der Waals surface area contributed by atoms with Crippen molar-refractivity contribution in [3.63, 3.8) is 0 Å². The number of amidine groups is 1. The Balaban J connectivity index is 0.00000176. The van der Waals surface area contributed by atoms with Gasteiger partial charge in [-0.25, -0.2) is 0 Å². The maximum absolute atomic E-state index is 12.4. The predicted octanol–water partition coefficient (Wildman–Crippen LogP) is 1.88. The van der Waals surface area contributed by atoms with Crippen molar-refractivity contribution in [2.45, 2.75) is 13.3 Å². The molecule has 0 bridgehead atoms. The summed E-state index contributed by atoms with van der Waals surface area (Å²) in [6.45, 7) is 5.29. The van der Waals surface area contributed by atoms with Crippen molar-refractivity contribution in [3.05, 3.63) is 41.5 Å². The Morgan fingerprint density at radius 1 is 1.14 bits per heavy atom. The van der Waals surface area contributed by atoms with Crippen LogP contribution in [0.3, 0.4) is 0 Å². The maximum atomic E-state index is 12.4. The summed E-state index contributed by atoms with van der Waals surface area (Å²) in [5, 5.41) is 3.32. The van der Waals surface area contributed by atoms with Gasteiger partial charge in [0.25, 0.3) is 10.0 Å². The highest BCUT2D eigenvalue weighted by molar-refractivity contribution is 8.00. The molecular weight excluding hydrogens is 322 g/mol. The third kappa shape index (κ3) is 3.19. The monoisotopic (exact) mass is 341 g/mol. The highest BCUT2D eigenvalue weighted by atomic mass is 35.5. The lowest BCUT2D eigenvalue weighted by Gasteiger charge is -2.22. The first-order valence-corrected chi connectivity index (χ1v) is 8.61. The summed E-state index contributed by atoms with van der Waals surface area (Å²) in [4.78, 5) is 2.42. The van der Waals surface area contributed by atoms with E-state index in [0.717, 1.165) is 38.2 Å². The van der Waals surface area contributed by atoms with E-state index in [2.05, 4.69) is 14.6 Å². The lowest BCUT2D eigenvalue weighted by molar-refractivity contribution is 0.447. The molecular formula is C15H20ClN3O2S. The molecule has 1 saturated heterocycles. The van der Waals surface area contributed by atoms with Crippen molar-refractivity contribution < 1.29 is 8.42 Å². The minimum absolute atomic E-state index is 0. The van der Waals surface area contributed by atoms with Gasteiger partial charge in [-0.3, -0.25) is 0 Å². The normalized spacial score (nSPS) is 21.1. The van der Waals surface area contributed by atoms with Gasteiger partial charge in [0.2, 0.25) is 0 Å². The van der Waals surface area contributed by atoms with Gasteiger partial charge in [-0.15, -0.1) is 16.8 Å². The van der Waals surface area contributed by atoms with Gasteiger partial charge < -0.3 is 10.2 Å². The van der Waals surface area contributed by atoms with Crippen LogP contribution in [0, 0.1) is 0 Å². The van der Waals surface area contributed by atoms with Crippen LogP contribution in [0.5, 0.6) is 0 Å². The molecule has 2 aliphatic heterocycles. The highest BCUT2D eigenvalue weighted by Gasteiger charge is 2.33. The summed E-state index contributed by atoms with van der Waals surface area (Å²) in [7, 11) is -3.59. The fourth-order valence-electron chi connectivity index (χ4n) is 2.83. The number of hydrogen-bond acceptors (Lipinski definition) is 4. The average Bonchev–Trinajstić information content (AvgIpc) is 2.66. The second kappa shape index (κ2) is 6.81. The van der Waals surface area contributed by atoms with Gasteiger partial charge in [0.15, 0.2) is 0 Å². The van der Waals surface area contributed by atoms with Crippen LogP contribution in [0.15, 0.2) is 40.3 Å². The zero-order valence-corrected chi connectivity index (χ0v) is 14.1. The Morgan fingerprint density at radius 3 is 2.59 bits per heavy atom. The molecule has 0 saturated carbocycles. The molecule has 0 atom stereocenters. The Labute approximate surface area is 137 Å². The van der Waals surface area contributed by atoms with Crippen LogP contribution in [0.1, 0.15) is 18.9 Å². The Kier molecular flexibility index (Phi) is 5.26. The van der Waals surface area contributed by atoms with Crippen molar-refractivity contribution in [3.8, 4) is 0 Å². The van der Waals surface area contributed by atoms with Crippen LogP contribution in [-0.4, -0.2) is 45.3 Å². The first-order chi connectivity index (χ1) is 10.1. The lowest BCUT2D eigenvalue weighted by atomic mass is 10.1. The van der Waals surface area contributed by atoms with Gasteiger partial charge >= 0.3 is 0 Å². The first kappa shape index (κ1) is 17.0. The summed E-state index contributed by atoms with van der Waals surface area (Å²) in [6.07, 6.45) is 0.993. The summed E-state index contributed by atoms with van der Waals surface area (Å²) in [6, 6.07) is 9.21. The van der Waals surface area contributed by atoms with Crippen molar-refractivity contribution >= 4 is 33.2 Å². The van der Waals surface area contributed by atoms with Gasteiger partial charge in [0.1, 0.15) is 10.7 Å². The average molecular weight is 342 g/mol. The fourth-order valence-corrected chi connectivity index (χ4v) is 4.31. The van der Waals surface area contributed by atoms with E-state index < -0.39 is 10.0 Å². The second-order valence-corrected chi connectivity index (χ2v) is 6.84. The molecule has 120 valence electrons. The van der Waals surface area contributed by atoms with E-state index in [1.807, 2.05) is 37.3 Å². The van der Waals surface area contributed by atoms with Crippen LogP contribution in [0.2, 0.25) is 0 Å². The first-order valence-electron chi connectivity index (χ1n) is 7.17. The molecule has 0 amide bonds. The summed E-state index contributed by atoms with van der Waals surface area (Å²) < 4.78 is 28.9. The van der Waals surface area contributed by atoms with Crippen molar-refractivity contribution in [1.82, 2.24) is 10.2 Å². The third-order valence-electron chi connectivity index (χ3n) is 3.82. The molecule has 7 heteroatoms. The van der Waals surface area contributed by atoms with E-state index in [4.69, 9.17) is 0 Å². The van der Waals surface area contributed by atoms with Crippen LogP contribution in [0.4, 0.5) is 0 Å². The van der Waals surface area contributed by atoms with E-state index in [9.17, 15) is 8.42 Å². The number of benzene rings is 1. The molecule has 2 heterocycles. The van der Waals surface area contributed by atoms with E-state index >= 15 is 0 Å². The predicted molar refractivity (Wildman–Crippen MR) is 91.7 cm³/mol. The van der Waals surface area contributed by atoms with Gasteiger partial charge in [-0.05, 0) is 25.5 Å². The zero-order chi connectivity index (χ0) is 14.9. The molecule has 0 radical (unpaired) electrons. The molecule has 0 unspecified atom stereocenters. The van der Waals surface area contributed by atoms with E-state index in [1.165, 1.54) is 0 Å². The van der Waals surface area contributed by atoms with Crippen molar-refractivity contribution in [2.75, 3.05) is 26.2 Å². The van der Waals surface area contributed by atoms with Crippen molar-refractivity contribution in [1.29, 1.82) is 0 Å². The molecule has 0 spiro atoms. The Morgan fingerprint density at radius 2 is 1.86 bits per heavy atom. The Hall–Kier alpha value is -1.37. The highest BCUT2D eigenvalue weighted by Crippen LogP contribution is 2.33. The van der Waals surface area contributed by atoms with E-state index in [0.29, 0.717) is 16.3 Å². The molecule has 1 aromatic carbocycles. The SMILES string of the molecule is CC1=C(c2ccccc2)S(=O)(=O)N=C1N1CCCNCC1.Cl. The molecule has 5 nitrogen and oxygen atoms in total.